The zero-order valence-corrected chi connectivity index (χ0v) is 86.0. The number of carbonyl (C=O) groups is 1. The predicted molar refractivity (Wildman–Crippen MR) is 555 cm³/mol. The molecule has 4 aliphatic heterocycles. The van der Waals surface area contributed by atoms with Crippen molar-refractivity contribution in [2.75, 3.05) is 26.4 Å². The zero-order valence-electron chi connectivity index (χ0n) is 79.1. The number of nitrogens with one attached hydrogen (secondary N) is 1. The quantitative estimate of drug-likeness (QED) is 0.0166. The van der Waals surface area contributed by atoms with Gasteiger partial charge in [0, 0.05) is 80.2 Å². The molecular formula is C111H131Cl8N4O10S+. The second-order valence-corrected chi connectivity index (χ2v) is 43.5. The van der Waals surface area contributed by atoms with Gasteiger partial charge in [-0.2, -0.15) is 13.0 Å². The molecule has 0 bridgehead atoms. The van der Waals surface area contributed by atoms with E-state index in [-0.39, 0.29) is 64.7 Å². The van der Waals surface area contributed by atoms with E-state index in [1.165, 1.54) is 11.1 Å². The Bertz CT molecular complexity index is 5640. The molecule has 716 valence electrons. The SMILES string of the molecule is C=CC[C@@](C)(C[C@H](c1cccc(Cl)c1)[C@@H](O)c1ccc(Cl)cc1)C(=O)N[C@H](CO)C(C)C.C=CC[C@@](C)(C[C@H](c1cccc(Cl)c1)[C@@H](O)c1ccc(Cl)cc1)C1=N[C@@H](C(C)C)CO1.C=CC[C@@](C)(C[C@H](c1cccc(Cl)c1)[C@@H](OS(=O)(=O)c1ccc(C)cc1)c1ccc(Cl)cc1)C1=N[C@@H](C(C)C)CO1.C=CC[C@@]1(C)C[C@H](c2cccc(Cl)c2)[C@@H](c2ccc(Cl)cc2)[N+]2=C1OC[C@@H]2C(C)C. The van der Waals surface area contributed by atoms with Crippen LogP contribution in [0.25, 0.3) is 0 Å². The first-order valence-corrected chi connectivity index (χ1v) is 50.5. The summed E-state index contributed by atoms with van der Waals surface area (Å²) in [6, 6.07) is 67.6. The van der Waals surface area contributed by atoms with Gasteiger partial charge in [-0.1, -0.05) is 308 Å². The maximum Gasteiger partial charge on any atom is 0.343 e. The number of carbonyl (C=O) groups excluding carboxylic acids is 1. The fourth-order valence-electron chi connectivity index (χ4n) is 18.5. The van der Waals surface area contributed by atoms with E-state index in [4.69, 9.17) is 121 Å². The molecule has 4 aliphatic rings. The van der Waals surface area contributed by atoms with Gasteiger partial charge in [0.15, 0.2) is 30.5 Å². The Morgan fingerprint density at radius 1 is 0.507 bits per heavy atom. The lowest BCUT2D eigenvalue weighted by Gasteiger charge is -2.39. The smallest absolute Gasteiger partial charge is 0.343 e. The number of hydrogen-bond donors (Lipinski definition) is 4. The van der Waals surface area contributed by atoms with Crippen LogP contribution in [0, 0.1) is 52.3 Å². The maximum absolute atomic E-state index is 13.7. The molecule has 0 radical (unpaired) electrons. The van der Waals surface area contributed by atoms with E-state index in [1.54, 1.807) is 103 Å². The Morgan fingerprint density at radius 2 is 0.925 bits per heavy atom. The van der Waals surface area contributed by atoms with E-state index in [0.29, 0.717) is 123 Å². The van der Waals surface area contributed by atoms with Gasteiger partial charge in [-0.25, -0.2) is 9.98 Å². The van der Waals surface area contributed by atoms with E-state index in [1.807, 2.05) is 137 Å². The second kappa shape index (κ2) is 49.0. The summed E-state index contributed by atoms with van der Waals surface area (Å²) in [6.07, 6.45) is 9.97. The monoisotopic (exact) mass is 1990 g/mol. The summed E-state index contributed by atoms with van der Waals surface area (Å²) < 4.78 is 54.9. The summed E-state index contributed by atoms with van der Waals surface area (Å²) >= 11 is 50.0. The van der Waals surface area contributed by atoms with Gasteiger partial charge in [0.1, 0.15) is 19.3 Å². The van der Waals surface area contributed by atoms with Crippen LogP contribution in [0.15, 0.2) is 284 Å². The minimum absolute atomic E-state index is 0.0592. The molecule has 4 heterocycles. The van der Waals surface area contributed by atoms with E-state index >= 15 is 0 Å². The molecule has 4 N–H and O–H groups in total. The van der Waals surface area contributed by atoms with Gasteiger partial charge < -0.3 is 34.8 Å². The van der Waals surface area contributed by atoms with Crippen molar-refractivity contribution in [3.63, 3.8) is 0 Å². The molecule has 9 aromatic carbocycles. The first kappa shape index (κ1) is 108. The summed E-state index contributed by atoms with van der Waals surface area (Å²) in [5, 5.41) is 40.5. The lowest BCUT2D eigenvalue weighted by Crippen LogP contribution is -2.48. The van der Waals surface area contributed by atoms with Crippen molar-refractivity contribution in [3.8, 4) is 0 Å². The zero-order chi connectivity index (χ0) is 97.7. The number of aryl methyl sites for hydroxylation is 1. The third-order valence-electron chi connectivity index (χ3n) is 26.4. The predicted octanol–water partition coefficient (Wildman–Crippen LogP) is 29.4. The van der Waals surface area contributed by atoms with Crippen LogP contribution in [0.1, 0.15) is 233 Å². The van der Waals surface area contributed by atoms with Crippen LogP contribution >= 0.6 is 92.8 Å². The van der Waals surface area contributed by atoms with Crippen LogP contribution in [-0.2, 0) is 33.3 Å². The fourth-order valence-corrected chi connectivity index (χ4v) is 20.9. The molecule has 134 heavy (non-hydrogen) atoms. The van der Waals surface area contributed by atoms with Gasteiger partial charge in [0.2, 0.25) is 5.91 Å². The number of aliphatic hydroxyl groups is 3. The lowest BCUT2D eigenvalue weighted by atomic mass is 9.69. The van der Waals surface area contributed by atoms with Gasteiger partial charge in [-0.15, -0.1) is 26.3 Å². The number of aliphatic imine (C=N–C) groups is 2. The average Bonchev–Trinajstić information content (AvgIpc) is 1.61. The number of nitrogens with zero attached hydrogens (tertiary/aromatic N) is 3. The molecule has 16 atom stereocenters. The Kier molecular flexibility index (Phi) is 39.5. The molecule has 14 nitrogen and oxygen atoms in total. The minimum Gasteiger partial charge on any atom is -0.478 e. The van der Waals surface area contributed by atoms with Gasteiger partial charge in [-0.3, -0.25) is 8.98 Å². The highest BCUT2D eigenvalue weighted by atomic mass is 35.5. The number of amides is 1. The molecular weight excluding hydrogens is 1860 g/mol. The molecule has 1 amide bonds. The van der Waals surface area contributed by atoms with E-state index in [9.17, 15) is 28.5 Å². The highest BCUT2D eigenvalue weighted by molar-refractivity contribution is 7.86. The number of benzene rings is 9. The molecule has 13 rings (SSSR count). The first-order chi connectivity index (χ1) is 63.6. The van der Waals surface area contributed by atoms with Crippen molar-refractivity contribution >= 4 is 127 Å². The normalized spacial score (nSPS) is 20.4. The summed E-state index contributed by atoms with van der Waals surface area (Å²) in [4.78, 5) is 23.3. The molecule has 0 saturated carbocycles. The maximum atomic E-state index is 13.7. The number of ether oxygens (including phenoxy) is 3. The van der Waals surface area contributed by atoms with E-state index in [0.717, 1.165) is 69.1 Å². The van der Waals surface area contributed by atoms with Crippen molar-refractivity contribution in [3.05, 3.63) is 359 Å². The first-order valence-electron chi connectivity index (χ1n) is 46.1. The van der Waals surface area contributed by atoms with Gasteiger partial charge >= 0.3 is 5.90 Å². The summed E-state index contributed by atoms with van der Waals surface area (Å²) in [6.45, 7) is 44.9. The van der Waals surface area contributed by atoms with E-state index < -0.39 is 56.5 Å². The molecule has 23 heteroatoms. The lowest BCUT2D eigenvalue weighted by molar-refractivity contribution is -0.616. The van der Waals surface area contributed by atoms with Crippen LogP contribution in [-0.4, -0.2) is 103 Å². The number of hydrogen-bond acceptors (Lipinski definition) is 12. The van der Waals surface area contributed by atoms with Crippen LogP contribution < -0.4 is 5.32 Å². The molecule has 0 fully saturated rings. The third-order valence-corrected chi connectivity index (χ3v) is 29.7. The second-order valence-electron chi connectivity index (χ2n) is 38.5. The highest BCUT2D eigenvalue weighted by Gasteiger charge is 2.58. The van der Waals surface area contributed by atoms with Gasteiger partial charge in [-0.05, 0) is 231 Å². The molecule has 0 aromatic heterocycles. The summed E-state index contributed by atoms with van der Waals surface area (Å²) in [7, 11) is -4.15. The Balaban J connectivity index is 0.000000186. The molecule has 0 spiro atoms. The fraction of sp³-hybridized carbons (Fsp3) is 0.405. The topological polar surface area (TPSA) is 189 Å². The van der Waals surface area contributed by atoms with E-state index in [2.05, 4.69) is 129 Å². The van der Waals surface area contributed by atoms with Gasteiger partial charge in [0.05, 0.1) is 58.6 Å². The number of allylic oxidation sites excluding steroid dienone is 4. The van der Waals surface area contributed by atoms with Crippen LogP contribution in [0.3, 0.4) is 0 Å². The number of aliphatic hydroxyl groups excluding tert-OH is 3. The molecule has 9 aromatic rings. The standard InChI is InChI=1S/C33H37Cl2NO4S.C26H33Cl2NO3.C26H31Cl2NO2.C26H30Cl2NO/c1-6-18-33(5,32-36-30(21-39-32)22(2)3)20-29(25-8-7-9-27(35)19-25)31(24-12-14-26(34)15-13-24)40-41(37,38)28-16-10-23(4)11-17-28;1-5-13-26(4,25(32)29-23(16-30)17(2)3)15-22(19-7-6-8-21(28)14-19)24(31)18-9-11-20(27)12-10-18;1-5-13-26(4,25-29-23(16-31-25)17(2)3)15-22(19-7-6-8-21(28)14-19)24(30)18-9-11-20(27)12-10-18;1-5-13-26(4)15-22(19-7-6-8-21(28)14-19)24(18-9-11-20(27)12-10-18)29-23(17(2)3)16-30-25(26)29/h6-17,19,22,29-31H,1,18,20-21H2,2-5H3;5-12,14,17,22-24,30-31H,1,13,15-16H2,2-4H3,(H,29,32);5-12,14,17,22-24,30H,1,13,15-16H2,2-4H3;5-12,14,17,22-24H,1,13,15-16H2,2-4H3/q;;;+1/t29-,30-,31+,33+;2*22-,23-,24+,26+;22-,23-,24-,26+/m1111/s1. The summed E-state index contributed by atoms with van der Waals surface area (Å²) in [5.74, 6) is 2.84. The Hall–Kier alpha value is -8.07. The number of halogens is 8. The van der Waals surface area contributed by atoms with Crippen LogP contribution in [0.4, 0.5) is 0 Å². The third kappa shape index (κ3) is 28.2. The Labute approximate surface area is 836 Å². The highest BCUT2D eigenvalue weighted by Crippen LogP contribution is 2.54. The van der Waals surface area contributed by atoms with Crippen LogP contribution in [0.2, 0.25) is 40.2 Å². The van der Waals surface area contributed by atoms with Crippen molar-refractivity contribution in [2.24, 2.45) is 55.3 Å². The average molecular weight is 2000 g/mol. The van der Waals surface area contributed by atoms with Crippen LogP contribution in [0.5, 0.6) is 0 Å². The molecule has 0 unspecified atom stereocenters. The Morgan fingerprint density at radius 3 is 1.33 bits per heavy atom. The van der Waals surface area contributed by atoms with Crippen molar-refractivity contribution in [1.82, 2.24) is 5.32 Å². The minimum atomic E-state index is -4.15. The van der Waals surface area contributed by atoms with Crippen molar-refractivity contribution in [2.45, 2.75) is 218 Å². The summed E-state index contributed by atoms with van der Waals surface area (Å²) in [5.41, 5.74) is 6.39. The van der Waals surface area contributed by atoms with Crippen molar-refractivity contribution < 1.29 is 51.5 Å². The molecule has 0 saturated heterocycles. The van der Waals surface area contributed by atoms with Crippen molar-refractivity contribution in [1.29, 1.82) is 0 Å². The van der Waals surface area contributed by atoms with Gasteiger partial charge in [0.25, 0.3) is 10.1 Å². The number of rotatable bonds is 37. The molecule has 0 aliphatic carbocycles. The largest absolute Gasteiger partial charge is 0.478 e.